The topological polar surface area (TPSA) is 108 Å². The van der Waals surface area contributed by atoms with Crippen LogP contribution in [0.1, 0.15) is 37.4 Å². The molecule has 0 aliphatic heterocycles. The van der Waals surface area contributed by atoms with Crippen LogP contribution in [0.4, 0.5) is 4.39 Å². The van der Waals surface area contributed by atoms with Crippen LogP contribution in [0.3, 0.4) is 0 Å². The van der Waals surface area contributed by atoms with Crippen LogP contribution in [0, 0.1) is 17.1 Å². The third kappa shape index (κ3) is 5.94. The van der Waals surface area contributed by atoms with Crippen molar-refractivity contribution in [2.75, 3.05) is 0 Å². The molecule has 0 radical (unpaired) electrons. The number of carboxylic acids is 1. The van der Waals surface area contributed by atoms with E-state index in [-0.39, 0.29) is 23.6 Å². The van der Waals surface area contributed by atoms with E-state index in [9.17, 15) is 24.3 Å². The van der Waals surface area contributed by atoms with Gasteiger partial charge in [0.15, 0.2) is 0 Å². The summed E-state index contributed by atoms with van der Waals surface area (Å²) in [5.41, 5.74) is 6.23. The van der Waals surface area contributed by atoms with E-state index in [1.807, 2.05) is 42.5 Å². The Kier molecular flexibility index (Phi) is 7.68. The number of benzene rings is 5. The lowest BCUT2D eigenvalue weighted by atomic mass is 9.98. The van der Waals surface area contributed by atoms with Gasteiger partial charge in [0.1, 0.15) is 5.82 Å². The maximum Gasteiger partial charge on any atom is 0.335 e. The number of fused-ring (bicyclic) bond motifs is 1. The fourth-order valence-corrected chi connectivity index (χ4v) is 5.16. The lowest BCUT2D eigenvalue weighted by Gasteiger charge is -2.13. The number of nitriles is 1. The summed E-state index contributed by atoms with van der Waals surface area (Å²) in [5.74, 6) is -1.96. The molecule has 0 unspecified atom stereocenters. The maximum atomic E-state index is 14.4. The molecule has 1 aromatic heterocycles. The van der Waals surface area contributed by atoms with Crippen molar-refractivity contribution in [3.8, 4) is 28.3 Å². The van der Waals surface area contributed by atoms with E-state index in [4.69, 9.17) is 0 Å². The molecule has 6 aromatic rings. The predicted molar refractivity (Wildman–Crippen MR) is 165 cm³/mol. The molecule has 44 heavy (non-hydrogen) atoms. The number of aromatic nitrogens is 2. The van der Waals surface area contributed by atoms with Gasteiger partial charge in [-0.25, -0.2) is 9.18 Å². The predicted octanol–water partition coefficient (Wildman–Crippen LogP) is 7.06. The largest absolute Gasteiger partial charge is 0.478 e. The highest BCUT2D eigenvalue weighted by Gasteiger charge is 2.18. The minimum atomic E-state index is -1.03. The zero-order chi connectivity index (χ0) is 30.6. The summed E-state index contributed by atoms with van der Waals surface area (Å²) in [5, 5.41) is 26.7. The lowest BCUT2D eigenvalue weighted by molar-refractivity contribution is 0.0696. The Balaban J connectivity index is 1.36. The number of nitrogens with one attached hydrogen (secondary N) is 1. The fraction of sp³-hybridized carbons (Fsp3) is 0.0556. The molecule has 0 saturated heterocycles. The summed E-state index contributed by atoms with van der Waals surface area (Å²) < 4.78 is 16.1. The number of aromatic carboxylic acids is 1. The van der Waals surface area contributed by atoms with Gasteiger partial charge in [0.25, 0.3) is 5.91 Å². The van der Waals surface area contributed by atoms with Gasteiger partial charge in [-0.05, 0) is 75.8 Å². The molecule has 0 saturated carbocycles. The highest BCUT2D eigenvalue weighted by atomic mass is 19.1. The van der Waals surface area contributed by atoms with Gasteiger partial charge in [0.05, 0.1) is 41.0 Å². The van der Waals surface area contributed by atoms with E-state index in [0.29, 0.717) is 34.1 Å². The van der Waals surface area contributed by atoms with E-state index in [2.05, 4.69) is 34.7 Å². The molecule has 0 bridgehead atoms. The van der Waals surface area contributed by atoms with Crippen molar-refractivity contribution in [2.24, 2.45) is 0 Å². The molecule has 5 aromatic carbocycles. The lowest BCUT2D eigenvalue weighted by Crippen LogP contribution is -2.24. The van der Waals surface area contributed by atoms with Crippen LogP contribution < -0.4 is 5.32 Å². The van der Waals surface area contributed by atoms with E-state index in [1.54, 1.807) is 35.1 Å². The van der Waals surface area contributed by atoms with Crippen LogP contribution >= 0.6 is 0 Å². The third-order valence-corrected chi connectivity index (χ3v) is 7.39. The Hall–Kier alpha value is -6.07. The van der Waals surface area contributed by atoms with Crippen molar-refractivity contribution in [1.82, 2.24) is 15.1 Å². The molecule has 1 heterocycles. The molecule has 1 amide bonds. The fourth-order valence-electron chi connectivity index (χ4n) is 5.16. The SMILES string of the molecule is N#Cc1cc(F)cc(-c2cc(C(=O)NCc3ccc(C(=O)O)cc3)c3c(cnn3Cc3ccc(-c4ccccc4)cc3)c2)c1. The van der Waals surface area contributed by atoms with Crippen molar-refractivity contribution in [1.29, 1.82) is 5.26 Å². The molecule has 8 heteroatoms. The van der Waals surface area contributed by atoms with E-state index >= 15 is 0 Å². The van der Waals surface area contributed by atoms with Gasteiger partial charge in [0, 0.05) is 11.9 Å². The Labute approximate surface area is 252 Å². The van der Waals surface area contributed by atoms with E-state index in [0.717, 1.165) is 28.3 Å². The Bertz CT molecular complexity index is 2050. The van der Waals surface area contributed by atoms with Crippen LogP contribution in [0.25, 0.3) is 33.2 Å². The summed E-state index contributed by atoms with van der Waals surface area (Å²) in [7, 11) is 0. The number of carbonyl (C=O) groups excluding carboxylic acids is 1. The van der Waals surface area contributed by atoms with Crippen LogP contribution in [0.15, 0.2) is 115 Å². The Morgan fingerprint density at radius 3 is 2.20 bits per heavy atom. The minimum absolute atomic E-state index is 0.155. The van der Waals surface area contributed by atoms with Gasteiger partial charge in [-0.15, -0.1) is 0 Å². The summed E-state index contributed by atoms with van der Waals surface area (Å²) in [6, 6.07) is 34.0. The highest BCUT2D eigenvalue weighted by molar-refractivity contribution is 6.07. The number of amides is 1. The molecule has 0 atom stereocenters. The van der Waals surface area contributed by atoms with Crippen molar-refractivity contribution in [3.63, 3.8) is 0 Å². The van der Waals surface area contributed by atoms with Crippen LogP contribution in [-0.2, 0) is 13.1 Å². The molecule has 0 fully saturated rings. The van der Waals surface area contributed by atoms with Gasteiger partial charge < -0.3 is 10.4 Å². The number of halogens is 1. The molecule has 2 N–H and O–H groups in total. The number of carbonyl (C=O) groups is 2. The van der Waals surface area contributed by atoms with Crippen molar-refractivity contribution in [2.45, 2.75) is 13.1 Å². The summed E-state index contributed by atoms with van der Waals surface area (Å²) in [4.78, 5) is 24.9. The molecular weight excluding hydrogens is 555 g/mol. The molecule has 6 rings (SSSR count). The smallest absolute Gasteiger partial charge is 0.335 e. The average molecular weight is 581 g/mol. The summed E-state index contributed by atoms with van der Waals surface area (Å²) in [6.45, 7) is 0.575. The second-order valence-corrected chi connectivity index (χ2v) is 10.4. The van der Waals surface area contributed by atoms with Crippen LogP contribution in [-0.4, -0.2) is 26.8 Å². The number of carboxylic acid groups (broad SMARTS) is 1. The van der Waals surface area contributed by atoms with E-state index in [1.165, 1.54) is 18.2 Å². The molecular formula is C36H25FN4O3. The minimum Gasteiger partial charge on any atom is -0.478 e. The summed E-state index contributed by atoms with van der Waals surface area (Å²) >= 11 is 0. The average Bonchev–Trinajstić information content (AvgIpc) is 3.46. The molecule has 0 spiro atoms. The first kappa shape index (κ1) is 28.1. The van der Waals surface area contributed by atoms with Crippen LogP contribution in [0.5, 0.6) is 0 Å². The third-order valence-electron chi connectivity index (χ3n) is 7.39. The van der Waals surface area contributed by atoms with Gasteiger partial charge in [-0.2, -0.15) is 10.4 Å². The zero-order valence-electron chi connectivity index (χ0n) is 23.4. The summed E-state index contributed by atoms with van der Waals surface area (Å²) in [6.07, 6.45) is 1.67. The Morgan fingerprint density at radius 1 is 0.818 bits per heavy atom. The van der Waals surface area contributed by atoms with Crippen LogP contribution in [0.2, 0.25) is 0 Å². The van der Waals surface area contributed by atoms with Gasteiger partial charge >= 0.3 is 5.97 Å². The molecule has 7 nitrogen and oxygen atoms in total. The van der Waals surface area contributed by atoms with Gasteiger partial charge in [0.2, 0.25) is 0 Å². The number of hydrogen-bond donors (Lipinski definition) is 2. The van der Waals surface area contributed by atoms with Gasteiger partial charge in [-0.3, -0.25) is 9.48 Å². The van der Waals surface area contributed by atoms with Gasteiger partial charge in [-0.1, -0.05) is 66.7 Å². The second kappa shape index (κ2) is 12.0. The monoisotopic (exact) mass is 580 g/mol. The maximum absolute atomic E-state index is 14.4. The number of hydrogen-bond acceptors (Lipinski definition) is 4. The van der Waals surface area contributed by atoms with Crippen molar-refractivity contribution in [3.05, 3.63) is 149 Å². The normalized spacial score (nSPS) is 10.8. The standard InChI is InChI=1S/C36H25FN4O3/c37-32-15-25(19-38)14-29(17-32)30-16-31-21-40-41(22-24-8-10-27(11-9-24)26-4-2-1-3-5-26)34(31)33(18-30)35(42)39-20-23-6-12-28(13-7-23)36(43)44/h1-18,21H,20,22H2,(H,39,42)(H,43,44). The van der Waals surface area contributed by atoms with Crippen molar-refractivity contribution >= 4 is 22.8 Å². The number of rotatable bonds is 8. The quantitative estimate of drug-likeness (QED) is 0.200. The number of nitrogens with zero attached hydrogens (tertiary/aromatic N) is 3. The van der Waals surface area contributed by atoms with Crippen molar-refractivity contribution < 1.29 is 19.1 Å². The molecule has 0 aliphatic rings. The first-order valence-corrected chi connectivity index (χ1v) is 13.8. The van der Waals surface area contributed by atoms with E-state index < -0.39 is 11.8 Å². The first-order valence-electron chi connectivity index (χ1n) is 13.8. The first-order chi connectivity index (χ1) is 21.4. The molecule has 214 valence electrons. The highest BCUT2D eigenvalue weighted by Crippen LogP contribution is 2.30. The zero-order valence-corrected chi connectivity index (χ0v) is 23.4. The molecule has 0 aliphatic carbocycles. The second-order valence-electron chi connectivity index (χ2n) is 10.4. The Morgan fingerprint density at radius 2 is 1.50 bits per heavy atom.